The van der Waals surface area contributed by atoms with Crippen molar-refractivity contribution in [3.63, 3.8) is 0 Å². The fourth-order valence-electron chi connectivity index (χ4n) is 1.95. The fourth-order valence-corrected chi connectivity index (χ4v) is 3.10. The van der Waals surface area contributed by atoms with Crippen molar-refractivity contribution in [2.24, 2.45) is 0 Å². The first-order valence-electron chi connectivity index (χ1n) is 7.16. The number of carbonyl (C=O) groups is 1. The number of thiazole rings is 1. The number of H-pyrrole nitrogens is 1. The summed E-state index contributed by atoms with van der Waals surface area (Å²) in [5.74, 6) is 1.91. The van der Waals surface area contributed by atoms with Gasteiger partial charge in [-0.25, -0.2) is 9.97 Å². The number of rotatable bonds is 7. The van der Waals surface area contributed by atoms with Crippen LogP contribution in [0.3, 0.4) is 0 Å². The predicted octanol–water partition coefficient (Wildman–Crippen LogP) is 2.68. The number of aromatic nitrogens is 4. The Morgan fingerprint density at radius 2 is 2.04 bits per heavy atom. The SMILES string of the molecule is COc1cc(OC)cc(-c2nc(SCC(=O)Nc3nccs3)n[nH]2)c1. The third kappa shape index (κ3) is 4.48. The van der Waals surface area contributed by atoms with Gasteiger partial charge in [0.2, 0.25) is 11.1 Å². The van der Waals surface area contributed by atoms with Crippen LogP contribution in [0.5, 0.6) is 11.5 Å². The highest BCUT2D eigenvalue weighted by atomic mass is 32.2. The molecule has 0 aliphatic heterocycles. The van der Waals surface area contributed by atoms with Gasteiger partial charge in [0, 0.05) is 23.2 Å². The molecule has 1 amide bonds. The van der Waals surface area contributed by atoms with Gasteiger partial charge in [-0.15, -0.1) is 16.4 Å². The number of hydrogen-bond donors (Lipinski definition) is 2. The van der Waals surface area contributed by atoms with E-state index in [1.807, 2.05) is 12.1 Å². The van der Waals surface area contributed by atoms with Gasteiger partial charge in [-0.1, -0.05) is 11.8 Å². The van der Waals surface area contributed by atoms with Crippen LogP contribution in [0.15, 0.2) is 34.9 Å². The molecule has 0 radical (unpaired) electrons. The average Bonchev–Trinajstić information content (AvgIpc) is 3.31. The van der Waals surface area contributed by atoms with E-state index in [0.717, 1.165) is 5.56 Å². The van der Waals surface area contributed by atoms with Gasteiger partial charge < -0.3 is 14.8 Å². The number of aromatic amines is 1. The van der Waals surface area contributed by atoms with Crippen molar-refractivity contribution in [2.75, 3.05) is 25.3 Å². The van der Waals surface area contributed by atoms with Gasteiger partial charge in [0.05, 0.1) is 20.0 Å². The summed E-state index contributed by atoms with van der Waals surface area (Å²) in [7, 11) is 3.17. The van der Waals surface area contributed by atoms with Gasteiger partial charge in [0.25, 0.3) is 0 Å². The maximum atomic E-state index is 11.9. The number of thioether (sulfide) groups is 1. The van der Waals surface area contributed by atoms with Crippen LogP contribution in [-0.2, 0) is 4.79 Å². The number of carbonyl (C=O) groups excluding carboxylic acids is 1. The summed E-state index contributed by atoms with van der Waals surface area (Å²) < 4.78 is 10.5. The Balaban J connectivity index is 1.65. The number of anilines is 1. The Labute approximate surface area is 152 Å². The van der Waals surface area contributed by atoms with Gasteiger partial charge in [-0.3, -0.25) is 9.89 Å². The lowest BCUT2D eigenvalue weighted by Gasteiger charge is -2.06. The number of nitrogens with zero attached hydrogens (tertiary/aromatic N) is 3. The second-order valence-electron chi connectivity index (χ2n) is 4.74. The van der Waals surface area contributed by atoms with E-state index in [4.69, 9.17) is 9.47 Å². The van der Waals surface area contributed by atoms with Crippen LogP contribution in [0, 0.1) is 0 Å². The molecule has 0 aliphatic rings. The lowest BCUT2D eigenvalue weighted by Crippen LogP contribution is -2.13. The number of hydrogen-bond acceptors (Lipinski definition) is 8. The number of nitrogens with one attached hydrogen (secondary N) is 2. The predicted molar refractivity (Wildman–Crippen MR) is 96.4 cm³/mol. The third-order valence-electron chi connectivity index (χ3n) is 3.10. The van der Waals surface area contributed by atoms with Crippen molar-refractivity contribution < 1.29 is 14.3 Å². The summed E-state index contributed by atoms with van der Waals surface area (Å²) in [5.41, 5.74) is 0.780. The molecule has 2 heterocycles. The maximum Gasteiger partial charge on any atom is 0.236 e. The fraction of sp³-hybridized carbons (Fsp3) is 0.200. The van der Waals surface area contributed by atoms with Gasteiger partial charge in [-0.05, 0) is 12.1 Å². The van der Waals surface area contributed by atoms with Gasteiger partial charge >= 0.3 is 0 Å². The molecule has 2 aromatic heterocycles. The number of benzene rings is 1. The molecule has 0 spiro atoms. The molecule has 25 heavy (non-hydrogen) atoms. The second-order valence-corrected chi connectivity index (χ2v) is 6.58. The van der Waals surface area contributed by atoms with Crippen molar-refractivity contribution in [3.05, 3.63) is 29.8 Å². The standard InChI is InChI=1S/C15H15N5O3S2/c1-22-10-5-9(6-11(7-10)23-2)13-18-15(20-19-13)25-8-12(21)17-14-16-3-4-24-14/h3-7H,8H2,1-2H3,(H,16,17,21)(H,18,19,20). The van der Waals surface area contributed by atoms with E-state index < -0.39 is 0 Å². The van der Waals surface area contributed by atoms with Crippen LogP contribution < -0.4 is 14.8 Å². The molecule has 1 aromatic carbocycles. The molecule has 0 bridgehead atoms. The number of methoxy groups -OCH3 is 2. The molecule has 0 aliphatic carbocycles. The van der Waals surface area contributed by atoms with E-state index in [0.29, 0.717) is 27.6 Å². The molecule has 3 rings (SSSR count). The topological polar surface area (TPSA) is 102 Å². The lowest BCUT2D eigenvalue weighted by atomic mass is 10.2. The number of amides is 1. The quantitative estimate of drug-likeness (QED) is 0.610. The van der Waals surface area contributed by atoms with Crippen molar-refractivity contribution in [1.82, 2.24) is 20.2 Å². The zero-order chi connectivity index (χ0) is 17.6. The van der Waals surface area contributed by atoms with Gasteiger partial charge in [0.15, 0.2) is 11.0 Å². The summed E-state index contributed by atoms with van der Waals surface area (Å²) in [5, 5.41) is 12.5. The minimum atomic E-state index is -0.158. The highest BCUT2D eigenvalue weighted by molar-refractivity contribution is 7.99. The van der Waals surface area contributed by atoms with Gasteiger partial charge in [-0.2, -0.15) is 0 Å². The highest BCUT2D eigenvalue weighted by Gasteiger charge is 2.12. The monoisotopic (exact) mass is 377 g/mol. The van der Waals surface area contributed by atoms with Crippen LogP contribution in [0.2, 0.25) is 0 Å². The molecule has 3 aromatic rings. The van der Waals surface area contributed by atoms with E-state index in [9.17, 15) is 4.79 Å². The van der Waals surface area contributed by atoms with Crippen molar-refractivity contribution in [1.29, 1.82) is 0 Å². The molecular formula is C15H15N5O3S2. The Hall–Kier alpha value is -2.59. The summed E-state index contributed by atoms with van der Waals surface area (Å²) >= 11 is 2.60. The molecule has 2 N–H and O–H groups in total. The molecule has 0 fully saturated rings. The van der Waals surface area contributed by atoms with Crippen molar-refractivity contribution in [3.8, 4) is 22.9 Å². The largest absolute Gasteiger partial charge is 0.497 e. The summed E-state index contributed by atoms with van der Waals surface area (Å²) in [6.45, 7) is 0. The molecule has 0 saturated carbocycles. The Kier molecular flexibility index (Phi) is 5.51. The second kappa shape index (κ2) is 7.99. The summed E-state index contributed by atoms with van der Waals surface area (Å²) in [6.07, 6.45) is 1.64. The van der Waals surface area contributed by atoms with Crippen molar-refractivity contribution in [2.45, 2.75) is 5.16 Å². The Morgan fingerprint density at radius 1 is 1.28 bits per heavy atom. The van der Waals surface area contributed by atoms with Crippen LogP contribution in [0.25, 0.3) is 11.4 Å². The first-order chi connectivity index (χ1) is 12.2. The minimum absolute atomic E-state index is 0.158. The van der Waals surface area contributed by atoms with Crippen LogP contribution in [-0.4, -0.2) is 46.0 Å². The van der Waals surface area contributed by atoms with E-state index in [1.165, 1.54) is 23.1 Å². The van der Waals surface area contributed by atoms with E-state index in [1.54, 1.807) is 31.9 Å². The van der Waals surface area contributed by atoms with E-state index in [-0.39, 0.29) is 11.7 Å². The van der Waals surface area contributed by atoms with Crippen LogP contribution >= 0.6 is 23.1 Å². The average molecular weight is 377 g/mol. The third-order valence-corrected chi connectivity index (χ3v) is 4.64. The first-order valence-corrected chi connectivity index (χ1v) is 9.02. The Morgan fingerprint density at radius 3 is 2.68 bits per heavy atom. The van der Waals surface area contributed by atoms with Crippen molar-refractivity contribution >= 4 is 34.1 Å². The molecule has 0 saturated heterocycles. The van der Waals surface area contributed by atoms with Crippen LogP contribution in [0.4, 0.5) is 5.13 Å². The summed E-state index contributed by atoms with van der Waals surface area (Å²) in [4.78, 5) is 20.3. The Bertz CT molecular complexity index is 828. The zero-order valence-corrected chi connectivity index (χ0v) is 15.1. The summed E-state index contributed by atoms with van der Waals surface area (Å²) in [6, 6.07) is 5.43. The molecule has 10 heteroatoms. The maximum absolute atomic E-state index is 11.9. The molecular weight excluding hydrogens is 362 g/mol. The molecule has 0 atom stereocenters. The smallest absolute Gasteiger partial charge is 0.236 e. The van der Waals surface area contributed by atoms with Crippen LogP contribution in [0.1, 0.15) is 0 Å². The molecule has 130 valence electrons. The first kappa shape index (κ1) is 17.2. The van der Waals surface area contributed by atoms with E-state index >= 15 is 0 Å². The molecule has 8 nitrogen and oxygen atoms in total. The normalized spacial score (nSPS) is 10.5. The minimum Gasteiger partial charge on any atom is -0.497 e. The van der Waals surface area contributed by atoms with E-state index in [2.05, 4.69) is 25.5 Å². The zero-order valence-electron chi connectivity index (χ0n) is 13.5. The lowest BCUT2D eigenvalue weighted by molar-refractivity contribution is -0.113. The van der Waals surface area contributed by atoms with Gasteiger partial charge in [0.1, 0.15) is 11.5 Å². The highest BCUT2D eigenvalue weighted by Crippen LogP contribution is 2.28. The number of ether oxygens (including phenoxy) is 2. The molecule has 0 unspecified atom stereocenters.